The van der Waals surface area contributed by atoms with Gasteiger partial charge >= 0.3 is 0 Å². The predicted molar refractivity (Wildman–Crippen MR) is 60.4 cm³/mol. The molecular formula is C13H17NO. The lowest BCUT2D eigenvalue weighted by Gasteiger charge is -2.20. The lowest BCUT2D eigenvalue weighted by Crippen LogP contribution is -2.11. The van der Waals surface area contributed by atoms with Crippen LogP contribution < -0.4 is 0 Å². The van der Waals surface area contributed by atoms with Gasteiger partial charge in [-0.3, -0.25) is 0 Å². The molecule has 1 heterocycles. The van der Waals surface area contributed by atoms with Crippen LogP contribution in [0.25, 0.3) is 0 Å². The fourth-order valence-electron chi connectivity index (χ4n) is 2.29. The molecule has 15 heavy (non-hydrogen) atoms. The van der Waals surface area contributed by atoms with Crippen molar-refractivity contribution >= 4 is 0 Å². The maximum atomic E-state index is 9.80. The third-order valence-electron chi connectivity index (χ3n) is 3.08. The first-order chi connectivity index (χ1) is 7.33. The van der Waals surface area contributed by atoms with Gasteiger partial charge < -0.3 is 9.67 Å². The molecule has 1 aromatic heterocycles. The quantitative estimate of drug-likeness (QED) is 0.591. The second-order valence-corrected chi connectivity index (χ2v) is 4.13. The fourth-order valence-corrected chi connectivity index (χ4v) is 2.29. The molecule has 1 N–H and O–H groups in total. The van der Waals surface area contributed by atoms with Gasteiger partial charge in [0.05, 0.1) is 6.10 Å². The van der Waals surface area contributed by atoms with Crippen LogP contribution in [-0.4, -0.2) is 9.67 Å². The summed E-state index contributed by atoms with van der Waals surface area (Å²) < 4.78 is 2.25. The van der Waals surface area contributed by atoms with E-state index in [9.17, 15) is 5.11 Å². The fraction of sp³-hybridized carbons (Fsp3) is 0.538. The number of unbranched alkanes of at least 4 members (excludes halogenated alkanes) is 1. The predicted octanol–water partition coefficient (Wildman–Crippen LogP) is 2.27. The van der Waals surface area contributed by atoms with Gasteiger partial charge in [-0.2, -0.15) is 0 Å². The Kier molecular flexibility index (Phi) is 3.13. The van der Waals surface area contributed by atoms with Crippen LogP contribution in [0.15, 0.2) is 12.3 Å². The number of aliphatic hydroxyl groups excluding tert-OH is 1. The smallest absolute Gasteiger partial charge is 0.0807 e. The Labute approximate surface area is 90.9 Å². The van der Waals surface area contributed by atoms with E-state index in [1.165, 1.54) is 5.69 Å². The normalized spacial score (nSPS) is 19.6. The van der Waals surface area contributed by atoms with Gasteiger partial charge in [0.2, 0.25) is 0 Å². The Hall–Kier alpha value is -1.20. The second kappa shape index (κ2) is 4.55. The number of terminal acetylenes is 1. The molecule has 0 saturated heterocycles. The van der Waals surface area contributed by atoms with Crippen LogP contribution in [0.1, 0.15) is 43.0 Å². The summed E-state index contributed by atoms with van der Waals surface area (Å²) in [6.45, 7) is 0.978. The number of nitrogens with zero attached hydrogens (tertiary/aromatic N) is 1. The topological polar surface area (TPSA) is 25.2 Å². The zero-order valence-corrected chi connectivity index (χ0v) is 8.95. The molecule has 1 aliphatic carbocycles. The number of fused-ring (bicyclic) bond motifs is 1. The molecule has 0 radical (unpaired) electrons. The highest BCUT2D eigenvalue weighted by Crippen LogP contribution is 2.30. The molecule has 80 valence electrons. The van der Waals surface area contributed by atoms with Crippen LogP contribution in [0.3, 0.4) is 0 Å². The lowest BCUT2D eigenvalue weighted by atomic mass is 9.95. The highest BCUT2D eigenvalue weighted by Gasteiger charge is 2.20. The van der Waals surface area contributed by atoms with Gasteiger partial charge in [0, 0.05) is 30.4 Å². The number of aliphatic hydroxyl groups is 1. The number of aryl methyl sites for hydroxylation is 1. The van der Waals surface area contributed by atoms with Crippen molar-refractivity contribution < 1.29 is 5.11 Å². The van der Waals surface area contributed by atoms with Crippen molar-refractivity contribution in [1.29, 1.82) is 0 Å². The molecule has 1 aromatic rings. The van der Waals surface area contributed by atoms with Gasteiger partial charge in [0.15, 0.2) is 0 Å². The standard InChI is InChI=1S/C13H17NO/c1-2-3-4-9-14-10-8-11-12(14)6-5-7-13(11)15/h1,8,10,13,15H,3-7,9H2. The molecule has 0 fully saturated rings. The van der Waals surface area contributed by atoms with Gasteiger partial charge in [-0.05, 0) is 31.7 Å². The molecular weight excluding hydrogens is 186 g/mol. The van der Waals surface area contributed by atoms with Crippen molar-refractivity contribution in [3.63, 3.8) is 0 Å². The Morgan fingerprint density at radius 1 is 1.60 bits per heavy atom. The van der Waals surface area contributed by atoms with Crippen LogP contribution in [0.5, 0.6) is 0 Å². The third-order valence-corrected chi connectivity index (χ3v) is 3.08. The van der Waals surface area contributed by atoms with Crippen molar-refractivity contribution in [3.05, 3.63) is 23.5 Å². The zero-order valence-electron chi connectivity index (χ0n) is 8.95. The SMILES string of the molecule is C#CCCCn1ccc2c1CCCC2O. The minimum atomic E-state index is -0.248. The maximum Gasteiger partial charge on any atom is 0.0807 e. The highest BCUT2D eigenvalue weighted by atomic mass is 16.3. The van der Waals surface area contributed by atoms with Crippen molar-refractivity contribution in [1.82, 2.24) is 4.57 Å². The molecule has 0 bridgehead atoms. The van der Waals surface area contributed by atoms with Crippen molar-refractivity contribution in [2.45, 2.75) is 44.8 Å². The van der Waals surface area contributed by atoms with Crippen LogP contribution in [0.2, 0.25) is 0 Å². The van der Waals surface area contributed by atoms with Crippen molar-refractivity contribution in [2.24, 2.45) is 0 Å². The Bertz CT molecular complexity index is 372. The molecule has 2 nitrogen and oxygen atoms in total. The summed E-state index contributed by atoms with van der Waals surface area (Å²) in [4.78, 5) is 0. The molecule has 2 heteroatoms. The van der Waals surface area contributed by atoms with E-state index in [1.807, 2.05) is 0 Å². The van der Waals surface area contributed by atoms with Gasteiger partial charge in [0.25, 0.3) is 0 Å². The Morgan fingerprint density at radius 3 is 3.27 bits per heavy atom. The van der Waals surface area contributed by atoms with E-state index in [4.69, 9.17) is 6.42 Å². The first-order valence-corrected chi connectivity index (χ1v) is 5.62. The third kappa shape index (κ3) is 2.08. The zero-order chi connectivity index (χ0) is 10.7. The van der Waals surface area contributed by atoms with Crippen molar-refractivity contribution in [2.75, 3.05) is 0 Å². The van der Waals surface area contributed by atoms with E-state index < -0.39 is 0 Å². The summed E-state index contributed by atoms with van der Waals surface area (Å²) >= 11 is 0. The van der Waals surface area contributed by atoms with Gasteiger partial charge in [-0.25, -0.2) is 0 Å². The largest absolute Gasteiger partial charge is 0.388 e. The monoisotopic (exact) mass is 203 g/mol. The van der Waals surface area contributed by atoms with Crippen LogP contribution in [0, 0.1) is 12.3 Å². The molecule has 0 aliphatic heterocycles. The van der Waals surface area contributed by atoms with E-state index >= 15 is 0 Å². The van der Waals surface area contributed by atoms with E-state index in [0.717, 1.165) is 44.2 Å². The Balaban J connectivity index is 2.10. The molecule has 0 saturated carbocycles. The molecule has 2 rings (SSSR count). The minimum absolute atomic E-state index is 0.248. The second-order valence-electron chi connectivity index (χ2n) is 4.13. The van der Waals surface area contributed by atoms with Gasteiger partial charge in [0.1, 0.15) is 0 Å². The van der Waals surface area contributed by atoms with E-state index in [1.54, 1.807) is 0 Å². The van der Waals surface area contributed by atoms with Crippen molar-refractivity contribution in [3.8, 4) is 12.3 Å². The average Bonchev–Trinajstić information content (AvgIpc) is 2.64. The lowest BCUT2D eigenvalue weighted by molar-refractivity contribution is 0.155. The van der Waals surface area contributed by atoms with Crippen LogP contribution in [0.4, 0.5) is 0 Å². The molecule has 1 unspecified atom stereocenters. The summed E-state index contributed by atoms with van der Waals surface area (Å²) in [5.74, 6) is 2.66. The van der Waals surface area contributed by atoms with E-state index in [-0.39, 0.29) is 6.10 Å². The average molecular weight is 203 g/mol. The Morgan fingerprint density at radius 2 is 2.47 bits per heavy atom. The maximum absolute atomic E-state index is 9.80. The highest BCUT2D eigenvalue weighted by molar-refractivity contribution is 5.27. The first kappa shape index (κ1) is 10.3. The van der Waals surface area contributed by atoms with Crippen LogP contribution in [-0.2, 0) is 13.0 Å². The summed E-state index contributed by atoms with van der Waals surface area (Å²) in [5, 5.41) is 9.80. The van der Waals surface area contributed by atoms with E-state index in [2.05, 4.69) is 22.8 Å². The van der Waals surface area contributed by atoms with E-state index in [0.29, 0.717) is 0 Å². The number of aromatic nitrogens is 1. The van der Waals surface area contributed by atoms with Gasteiger partial charge in [-0.1, -0.05) is 0 Å². The van der Waals surface area contributed by atoms with Gasteiger partial charge in [-0.15, -0.1) is 12.3 Å². The molecule has 1 atom stereocenters. The molecule has 0 spiro atoms. The van der Waals surface area contributed by atoms with Crippen LogP contribution >= 0.6 is 0 Å². The molecule has 0 aromatic carbocycles. The first-order valence-electron chi connectivity index (χ1n) is 5.62. The summed E-state index contributed by atoms with van der Waals surface area (Å²) in [7, 11) is 0. The molecule has 0 amide bonds. The number of rotatable bonds is 3. The number of hydrogen-bond acceptors (Lipinski definition) is 1. The summed E-state index contributed by atoms with van der Waals surface area (Å²) in [6.07, 6.45) is 12.0. The minimum Gasteiger partial charge on any atom is -0.388 e. The molecule has 1 aliphatic rings. The summed E-state index contributed by atoms with van der Waals surface area (Å²) in [5.41, 5.74) is 2.44. The number of hydrogen-bond donors (Lipinski definition) is 1. The summed E-state index contributed by atoms with van der Waals surface area (Å²) in [6, 6.07) is 2.05.